The zero-order chi connectivity index (χ0) is 20.9. The van der Waals surface area contributed by atoms with Gasteiger partial charge in [0.2, 0.25) is 0 Å². The fraction of sp³-hybridized carbons (Fsp3) is 0.143. The molecule has 4 aromatic carbocycles. The summed E-state index contributed by atoms with van der Waals surface area (Å²) in [4.78, 5) is 9.46. The molecule has 0 aliphatic rings. The molecule has 2 aromatic heterocycles. The number of nitrogens with zero attached hydrogens (tertiary/aromatic N) is 2. The van der Waals surface area contributed by atoms with Gasteiger partial charge in [-0.2, -0.15) is 0 Å². The maximum Gasteiger partial charge on any atom is 0.116 e. The van der Waals surface area contributed by atoms with Crippen LogP contribution in [0.3, 0.4) is 0 Å². The van der Waals surface area contributed by atoms with Crippen LogP contribution in [0.15, 0.2) is 79.1 Å². The summed E-state index contributed by atoms with van der Waals surface area (Å²) >= 11 is 1.80. The molecular weight excluding hydrogens is 396 g/mol. The highest BCUT2D eigenvalue weighted by Crippen LogP contribution is 2.40. The molecule has 0 atom stereocenters. The lowest BCUT2D eigenvalue weighted by molar-refractivity contribution is 0.650. The van der Waals surface area contributed by atoms with Crippen LogP contribution in [-0.2, 0) is 6.42 Å². The van der Waals surface area contributed by atoms with Gasteiger partial charge in [-0.05, 0) is 63.7 Å². The first kappa shape index (κ1) is 18.5. The summed E-state index contributed by atoms with van der Waals surface area (Å²) in [6.45, 7) is 4.56. The van der Waals surface area contributed by atoms with Crippen molar-refractivity contribution in [1.82, 2.24) is 9.97 Å². The Bertz CT molecular complexity index is 1590. The lowest BCUT2D eigenvalue weighted by atomic mass is 9.93. The summed E-state index contributed by atoms with van der Waals surface area (Å²) in [5.41, 5.74) is 4.65. The van der Waals surface area contributed by atoms with E-state index in [-0.39, 0.29) is 0 Å². The Kier molecular flexibility index (Phi) is 4.25. The molecule has 0 radical (unpaired) electrons. The van der Waals surface area contributed by atoms with E-state index in [9.17, 15) is 0 Å². The minimum Gasteiger partial charge on any atom is -0.235 e. The van der Waals surface area contributed by atoms with Gasteiger partial charge in [-0.3, -0.25) is 0 Å². The predicted octanol–water partition coefficient (Wildman–Crippen LogP) is 8.02. The highest BCUT2D eigenvalue weighted by molar-refractivity contribution is 7.26. The fourth-order valence-electron chi connectivity index (χ4n) is 4.60. The molecule has 0 fully saturated rings. The number of aromatic nitrogens is 2. The van der Waals surface area contributed by atoms with E-state index in [1.807, 2.05) is 0 Å². The van der Waals surface area contributed by atoms with Crippen molar-refractivity contribution in [3.63, 3.8) is 0 Å². The van der Waals surface area contributed by atoms with E-state index in [0.29, 0.717) is 5.92 Å². The Hall–Kier alpha value is -3.30. The van der Waals surface area contributed by atoms with Crippen LogP contribution in [0, 0.1) is 5.92 Å². The van der Waals surface area contributed by atoms with Crippen LogP contribution in [0.25, 0.3) is 53.1 Å². The number of rotatable bonds is 3. The highest BCUT2D eigenvalue weighted by Gasteiger charge is 2.15. The molecule has 0 spiro atoms. The highest BCUT2D eigenvalue weighted by atomic mass is 32.1. The number of hydrogen-bond donors (Lipinski definition) is 0. The maximum absolute atomic E-state index is 4.77. The van der Waals surface area contributed by atoms with Gasteiger partial charge in [0.25, 0.3) is 0 Å². The molecule has 0 saturated heterocycles. The molecule has 31 heavy (non-hydrogen) atoms. The van der Waals surface area contributed by atoms with Gasteiger partial charge in [0.1, 0.15) is 6.33 Å². The van der Waals surface area contributed by atoms with Gasteiger partial charge in [-0.25, -0.2) is 9.97 Å². The smallest absolute Gasteiger partial charge is 0.116 e. The van der Waals surface area contributed by atoms with Crippen LogP contribution < -0.4 is 0 Å². The summed E-state index contributed by atoms with van der Waals surface area (Å²) in [5.74, 6) is 0.598. The molecule has 150 valence electrons. The molecule has 2 nitrogen and oxygen atoms in total. The third-order valence-electron chi connectivity index (χ3n) is 5.97. The van der Waals surface area contributed by atoms with E-state index in [1.165, 1.54) is 47.5 Å². The van der Waals surface area contributed by atoms with Crippen molar-refractivity contribution in [2.75, 3.05) is 0 Å². The number of benzene rings is 4. The van der Waals surface area contributed by atoms with Crippen molar-refractivity contribution in [2.45, 2.75) is 20.3 Å². The Morgan fingerprint density at radius 2 is 1.52 bits per heavy atom. The van der Waals surface area contributed by atoms with Gasteiger partial charge in [0, 0.05) is 15.6 Å². The van der Waals surface area contributed by atoms with E-state index in [4.69, 9.17) is 9.97 Å². The van der Waals surface area contributed by atoms with E-state index in [2.05, 4.69) is 86.6 Å². The second-order valence-electron chi connectivity index (χ2n) is 8.65. The van der Waals surface area contributed by atoms with E-state index < -0.39 is 0 Å². The zero-order valence-electron chi connectivity index (χ0n) is 17.6. The van der Waals surface area contributed by atoms with Gasteiger partial charge in [-0.15, -0.1) is 11.3 Å². The topological polar surface area (TPSA) is 25.8 Å². The Morgan fingerprint density at radius 3 is 2.32 bits per heavy atom. The van der Waals surface area contributed by atoms with Crippen LogP contribution >= 0.6 is 11.3 Å². The first-order valence-electron chi connectivity index (χ1n) is 10.8. The zero-order valence-corrected chi connectivity index (χ0v) is 18.4. The quantitative estimate of drug-likeness (QED) is 0.291. The first-order valence-corrected chi connectivity index (χ1v) is 11.6. The molecule has 0 saturated carbocycles. The second-order valence-corrected chi connectivity index (χ2v) is 9.70. The van der Waals surface area contributed by atoms with Gasteiger partial charge >= 0.3 is 0 Å². The predicted molar refractivity (Wildman–Crippen MR) is 134 cm³/mol. The SMILES string of the molecule is CC(C)Cc1cc(-c2ncnc3c2sc2cc4ccccc4cc23)cc2ccccc12. The van der Waals surface area contributed by atoms with Crippen molar-refractivity contribution in [2.24, 2.45) is 5.92 Å². The molecule has 0 aliphatic heterocycles. The molecule has 0 amide bonds. The normalized spacial score (nSPS) is 12.0. The van der Waals surface area contributed by atoms with Gasteiger partial charge in [0.05, 0.1) is 15.9 Å². The largest absolute Gasteiger partial charge is 0.235 e. The molecule has 0 unspecified atom stereocenters. The summed E-state index contributed by atoms with van der Waals surface area (Å²) in [6, 6.07) is 26.4. The summed E-state index contributed by atoms with van der Waals surface area (Å²) in [7, 11) is 0. The van der Waals surface area contributed by atoms with E-state index in [1.54, 1.807) is 17.7 Å². The average Bonchev–Trinajstić information content (AvgIpc) is 3.14. The van der Waals surface area contributed by atoms with Gasteiger partial charge < -0.3 is 0 Å². The molecule has 6 aromatic rings. The van der Waals surface area contributed by atoms with Gasteiger partial charge in [0.15, 0.2) is 0 Å². The fourth-order valence-corrected chi connectivity index (χ4v) is 5.80. The van der Waals surface area contributed by atoms with Crippen LogP contribution in [0.4, 0.5) is 0 Å². The molecule has 3 heteroatoms. The van der Waals surface area contributed by atoms with Crippen LogP contribution in [0.2, 0.25) is 0 Å². The molecular formula is C28H22N2S. The third-order valence-corrected chi connectivity index (χ3v) is 7.12. The van der Waals surface area contributed by atoms with Crippen LogP contribution in [0.1, 0.15) is 19.4 Å². The number of thiophene rings is 1. The minimum atomic E-state index is 0.598. The molecule has 0 N–H and O–H groups in total. The van der Waals surface area contributed by atoms with Crippen LogP contribution in [0.5, 0.6) is 0 Å². The summed E-state index contributed by atoms with van der Waals surface area (Å²) < 4.78 is 2.43. The molecule has 2 heterocycles. The Labute approximate surface area is 185 Å². The molecule has 0 bridgehead atoms. The average molecular weight is 419 g/mol. The van der Waals surface area contributed by atoms with Crippen molar-refractivity contribution >= 4 is 53.2 Å². The van der Waals surface area contributed by atoms with Gasteiger partial charge in [-0.1, -0.05) is 62.4 Å². The van der Waals surface area contributed by atoms with Crippen molar-refractivity contribution in [3.8, 4) is 11.3 Å². The lowest BCUT2D eigenvalue weighted by Crippen LogP contribution is -1.97. The lowest BCUT2D eigenvalue weighted by Gasteiger charge is -2.12. The molecule has 6 rings (SSSR count). The second kappa shape index (κ2) is 7.14. The van der Waals surface area contributed by atoms with Crippen molar-refractivity contribution in [3.05, 3.63) is 84.7 Å². The third kappa shape index (κ3) is 3.08. The van der Waals surface area contributed by atoms with Crippen molar-refractivity contribution < 1.29 is 0 Å². The summed E-state index contributed by atoms with van der Waals surface area (Å²) in [6.07, 6.45) is 2.77. The maximum atomic E-state index is 4.77. The van der Waals surface area contributed by atoms with E-state index in [0.717, 1.165) is 17.6 Å². The van der Waals surface area contributed by atoms with Crippen LogP contribution in [-0.4, -0.2) is 9.97 Å². The number of fused-ring (bicyclic) bond motifs is 5. The monoisotopic (exact) mass is 418 g/mol. The van der Waals surface area contributed by atoms with E-state index >= 15 is 0 Å². The minimum absolute atomic E-state index is 0.598. The Morgan fingerprint density at radius 1 is 0.774 bits per heavy atom. The number of hydrogen-bond acceptors (Lipinski definition) is 3. The Balaban J connectivity index is 1.64. The van der Waals surface area contributed by atoms with Crippen molar-refractivity contribution in [1.29, 1.82) is 0 Å². The summed E-state index contributed by atoms with van der Waals surface area (Å²) in [5, 5.41) is 6.34. The standard InChI is InChI=1S/C28H22N2S/c1-17(2)11-21-13-22(12-20-9-5-6-10-23(20)21)26-28-27(30-16-29-26)24-14-18-7-3-4-8-19(18)15-25(24)31-28/h3-10,12-17H,11H2,1-2H3. The molecule has 0 aliphatic carbocycles. The first-order chi connectivity index (χ1) is 15.2.